The average Bonchev–Trinajstić information content (AvgIpc) is 2.97. The van der Waals surface area contributed by atoms with Gasteiger partial charge in [-0.25, -0.2) is 0 Å². The van der Waals surface area contributed by atoms with E-state index in [1.54, 1.807) is 7.11 Å². The number of piperidine rings is 1. The summed E-state index contributed by atoms with van der Waals surface area (Å²) in [5.41, 5.74) is 1.24. The molecule has 2 heterocycles. The molecule has 0 bridgehead atoms. The van der Waals surface area contributed by atoms with Crippen LogP contribution in [-0.4, -0.2) is 38.7 Å². The van der Waals surface area contributed by atoms with Crippen molar-refractivity contribution in [2.75, 3.05) is 26.7 Å². The van der Waals surface area contributed by atoms with E-state index in [2.05, 4.69) is 22.4 Å². The number of nitrogens with zero attached hydrogens (tertiary/aromatic N) is 1. The van der Waals surface area contributed by atoms with Gasteiger partial charge >= 0.3 is 0 Å². The second-order valence-electron chi connectivity index (χ2n) is 5.52. The molecule has 0 spiro atoms. The number of hydrogen-bond donors (Lipinski definition) is 1. The normalized spacial score (nSPS) is 25.9. The molecule has 2 aliphatic heterocycles. The summed E-state index contributed by atoms with van der Waals surface area (Å²) in [7, 11) is 1.70. The van der Waals surface area contributed by atoms with Gasteiger partial charge in [0.25, 0.3) is 0 Å². The summed E-state index contributed by atoms with van der Waals surface area (Å²) in [5, 5.41) is 3.41. The molecule has 2 atom stereocenters. The van der Waals surface area contributed by atoms with Crippen LogP contribution in [0.5, 0.6) is 5.75 Å². The summed E-state index contributed by atoms with van der Waals surface area (Å²) in [6.07, 6.45) is 3.48. The van der Waals surface area contributed by atoms with Gasteiger partial charge in [0, 0.05) is 18.9 Å². The molecule has 3 rings (SSSR count). The molecule has 1 aromatic rings. The van der Waals surface area contributed by atoms with Gasteiger partial charge in [0.2, 0.25) is 0 Å². The molecule has 1 aromatic carbocycles. The van der Waals surface area contributed by atoms with Gasteiger partial charge in [-0.05, 0) is 37.1 Å². The quantitative estimate of drug-likeness (QED) is 0.913. The van der Waals surface area contributed by atoms with Crippen LogP contribution in [-0.2, 0) is 11.2 Å². The van der Waals surface area contributed by atoms with Crippen molar-refractivity contribution in [3.8, 4) is 5.75 Å². The van der Waals surface area contributed by atoms with Crippen molar-refractivity contribution in [3.63, 3.8) is 0 Å². The molecule has 20 heavy (non-hydrogen) atoms. The zero-order valence-corrected chi connectivity index (χ0v) is 12.0. The Kier molecular flexibility index (Phi) is 4.21. The minimum Gasteiger partial charge on any atom is -0.497 e. The Morgan fingerprint density at radius 1 is 1.45 bits per heavy atom. The summed E-state index contributed by atoms with van der Waals surface area (Å²) < 4.78 is 11.3. The predicted molar refractivity (Wildman–Crippen MR) is 79.5 cm³/mol. The standard InChI is InChI=1S/C16H22N2O2/c1-19-14-6-2-4-12(8-14)9-15-11-18-16(20-15)13-5-3-7-17-10-13/h2,4,6,8,13,15,17H,3,5,7,9-11H2,1H3. The molecule has 0 aliphatic carbocycles. The van der Waals surface area contributed by atoms with Crippen molar-refractivity contribution in [1.29, 1.82) is 0 Å². The minimum atomic E-state index is 0.180. The topological polar surface area (TPSA) is 42.8 Å². The van der Waals surface area contributed by atoms with Crippen molar-refractivity contribution in [2.24, 2.45) is 10.9 Å². The van der Waals surface area contributed by atoms with Gasteiger partial charge in [-0.3, -0.25) is 4.99 Å². The van der Waals surface area contributed by atoms with Crippen LogP contribution in [0.15, 0.2) is 29.3 Å². The van der Waals surface area contributed by atoms with Crippen LogP contribution in [0.25, 0.3) is 0 Å². The number of ether oxygens (including phenoxy) is 2. The fourth-order valence-corrected chi connectivity index (χ4v) is 2.89. The summed E-state index contributed by atoms with van der Waals surface area (Å²) >= 11 is 0. The Bertz CT molecular complexity index is 481. The zero-order chi connectivity index (χ0) is 13.8. The van der Waals surface area contributed by atoms with Crippen LogP contribution in [0, 0.1) is 5.92 Å². The van der Waals surface area contributed by atoms with E-state index in [1.165, 1.54) is 18.4 Å². The van der Waals surface area contributed by atoms with Crippen molar-refractivity contribution in [3.05, 3.63) is 29.8 Å². The summed E-state index contributed by atoms with van der Waals surface area (Å²) in [4.78, 5) is 4.60. The Balaban J connectivity index is 1.55. The first kappa shape index (κ1) is 13.4. The highest BCUT2D eigenvalue weighted by molar-refractivity contribution is 5.80. The van der Waals surface area contributed by atoms with Gasteiger partial charge in [0.15, 0.2) is 5.90 Å². The van der Waals surface area contributed by atoms with E-state index in [4.69, 9.17) is 9.47 Å². The summed E-state index contributed by atoms with van der Waals surface area (Å²) in [6.45, 7) is 2.91. The van der Waals surface area contributed by atoms with E-state index >= 15 is 0 Å². The highest BCUT2D eigenvalue weighted by Crippen LogP contribution is 2.21. The highest BCUT2D eigenvalue weighted by atomic mass is 16.5. The lowest BCUT2D eigenvalue weighted by atomic mass is 10.00. The van der Waals surface area contributed by atoms with Crippen molar-refractivity contribution in [1.82, 2.24) is 5.32 Å². The van der Waals surface area contributed by atoms with Crippen LogP contribution >= 0.6 is 0 Å². The molecule has 0 aromatic heterocycles. The second kappa shape index (κ2) is 6.27. The minimum absolute atomic E-state index is 0.180. The van der Waals surface area contributed by atoms with Crippen LogP contribution in [0.2, 0.25) is 0 Å². The van der Waals surface area contributed by atoms with Crippen molar-refractivity contribution < 1.29 is 9.47 Å². The molecule has 4 heteroatoms. The highest BCUT2D eigenvalue weighted by Gasteiger charge is 2.27. The van der Waals surface area contributed by atoms with Crippen LogP contribution < -0.4 is 10.1 Å². The SMILES string of the molecule is COc1cccc(CC2CN=C(C3CCCNC3)O2)c1. The molecule has 4 nitrogen and oxygen atoms in total. The van der Waals surface area contributed by atoms with Crippen LogP contribution in [0.3, 0.4) is 0 Å². The summed E-state index contributed by atoms with van der Waals surface area (Å²) in [5.74, 6) is 2.34. The third kappa shape index (κ3) is 3.12. The molecule has 108 valence electrons. The molecule has 1 N–H and O–H groups in total. The van der Waals surface area contributed by atoms with E-state index in [9.17, 15) is 0 Å². The number of methoxy groups -OCH3 is 1. The van der Waals surface area contributed by atoms with Crippen LogP contribution in [0.4, 0.5) is 0 Å². The molecule has 1 fully saturated rings. The number of aliphatic imine (C=N–C) groups is 1. The average molecular weight is 274 g/mol. The van der Waals surface area contributed by atoms with E-state index in [0.717, 1.165) is 37.7 Å². The van der Waals surface area contributed by atoms with Gasteiger partial charge in [0.1, 0.15) is 11.9 Å². The van der Waals surface area contributed by atoms with Gasteiger partial charge in [-0.1, -0.05) is 12.1 Å². The molecular formula is C16H22N2O2. The fourth-order valence-electron chi connectivity index (χ4n) is 2.89. The predicted octanol–water partition coefficient (Wildman–Crippen LogP) is 2.03. The lowest BCUT2D eigenvalue weighted by molar-refractivity contribution is 0.205. The van der Waals surface area contributed by atoms with Gasteiger partial charge in [0.05, 0.1) is 13.7 Å². The molecule has 1 saturated heterocycles. The molecular weight excluding hydrogens is 252 g/mol. The first-order valence-electron chi connectivity index (χ1n) is 7.40. The number of benzene rings is 1. The van der Waals surface area contributed by atoms with E-state index in [0.29, 0.717) is 5.92 Å². The third-order valence-corrected chi connectivity index (χ3v) is 3.98. The number of rotatable bonds is 4. The maximum atomic E-state index is 6.05. The molecule has 2 aliphatic rings. The smallest absolute Gasteiger partial charge is 0.188 e. The molecule has 2 unspecified atom stereocenters. The zero-order valence-electron chi connectivity index (χ0n) is 12.0. The maximum Gasteiger partial charge on any atom is 0.188 e. The third-order valence-electron chi connectivity index (χ3n) is 3.98. The van der Waals surface area contributed by atoms with E-state index in [1.807, 2.05) is 12.1 Å². The Morgan fingerprint density at radius 3 is 3.20 bits per heavy atom. The van der Waals surface area contributed by atoms with Gasteiger partial charge < -0.3 is 14.8 Å². The number of nitrogens with one attached hydrogen (secondary N) is 1. The van der Waals surface area contributed by atoms with Crippen LogP contribution in [0.1, 0.15) is 18.4 Å². The first-order valence-corrected chi connectivity index (χ1v) is 7.40. The fraction of sp³-hybridized carbons (Fsp3) is 0.562. The lowest BCUT2D eigenvalue weighted by Crippen LogP contribution is -2.35. The van der Waals surface area contributed by atoms with Crippen molar-refractivity contribution in [2.45, 2.75) is 25.4 Å². The van der Waals surface area contributed by atoms with Crippen molar-refractivity contribution >= 4 is 5.90 Å². The Morgan fingerprint density at radius 2 is 2.40 bits per heavy atom. The Hall–Kier alpha value is -1.55. The monoisotopic (exact) mass is 274 g/mol. The van der Waals surface area contributed by atoms with E-state index in [-0.39, 0.29) is 6.10 Å². The van der Waals surface area contributed by atoms with Gasteiger partial charge in [-0.2, -0.15) is 0 Å². The lowest BCUT2D eigenvalue weighted by Gasteiger charge is -2.23. The Labute approximate surface area is 120 Å². The van der Waals surface area contributed by atoms with E-state index < -0.39 is 0 Å². The van der Waals surface area contributed by atoms with Gasteiger partial charge in [-0.15, -0.1) is 0 Å². The molecule has 0 radical (unpaired) electrons. The molecule has 0 saturated carbocycles. The summed E-state index contributed by atoms with van der Waals surface area (Å²) in [6, 6.07) is 8.18. The first-order chi connectivity index (χ1) is 9.85. The second-order valence-corrected chi connectivity index (χ2v) is 5.52. The molecule has 0 amide bonds. The largest absolute Gasteiger partial charge is 0.497 e. The maximum absolute atomic E-state index is 6.05. The number of hydrogen-bond acceptors (Lipinski definition) is 4.